The number of nitrogens with zero attached hydrogens (tertiary/aromatic N) is 2. The van der Waals surface area contributed by atoms with Crippen molar-refractivity contribution in [1.29, 1.82) is 0 Å². The minimum Gasteiger partial charge on any atom is -0.312 e. The normalized spacial score (nSPS) is 15.3. The maximum absolute atomic E-state index is 12.0. The molecule has 3 rings (SSSR count). The van der Waals surface area contributed by atoms with E-state index < -0.39 is 0 Å². The van der Waals surface area contributed by atoms with Crippen LogP contribution in [0, 0.1) is 6.92 Å². The lowest BCUT2D eigenvalue weighted by Crippen LogP contribution is -2.35. The smallest absolute Gasteiger partial charge is 0.226 e. The fourth-order valence-corrected chi connectivity index (χ4v) is 2.81. The third-order valence-electron chi connectivity index (χ3n) is 4.12. The van der Waals surface area contributed by atoms with Crippen molar-refractivity contribution in [3.63, 3.8) is 0 Å². The van der Waals surface area contributed by atoms with Gasteiger partial charge >= 0.3 is 0 Å². The van der Waals surface area contributed by atoms with Gasteiger partial charge in [0.25, 0.3) is 0 Å². The average Bonchev–Trinajstić information content (AvgIpc) is 2.93. The topological polar surface area (TPSA) is 61.0 Å². The monoisotopic (exact) mass is 298 g/mol. The highest BCUT2D eigenvalue weighted by molar-refractivity contribution is 5.94. The molecular formula is C17H22N4O. The summed E-state index contributed by atoms with van der Waals surface area (Å²) in [4.78, 5) is 13.9. The molecule has 0 aliphatic carbocycles. The molecule has 116 valence electrons. The Hall–Kier alpha value is -2.14. The number of aryl methyl sites for hydroxylation is 1. The Morgan fingerprint density at radius 3 is 3.00 bits per heavy atom. The summed E-state index contributed by atoms with van der Waals surface area (Å²) in [7, 11) is 0. The number of nitrogens with one attached hydrogen (secondary N) is 2. The average molecular weight is 298 g/mol. The zero-order valence-electron chi connectivity index (χ0n) is 12.9. The van der Waals surface area contributed by atoms with Crippen LogP contribution in [0.4, 0.5) is 5.69 Å². The minimum atomic E-state index is 0.241. The van der Waals surface area contributed by atoms with Crippen LogP contribution in [0.15, 0.2) is 30.5 Å². The summed E-state index contributed by atoms with van der Waals surface area (Å²) < 4.78 is 0. The highest BCUT2D eigenvalue weighted by Gasteiger charge is 2.19. The van der Waals surface area contributed by atoms with Gasteiger partial charge in [0.05, 0.1) is 6.20 Å². The number of piperidine rings is 1. The van der Waals surface area contributed by atoms with Crippen LogP contribution in [0.2, 0.25) is 0 Å². The second-order valence-corrected chi connectivity index (χ2v) is 5.80. The van der Waals surface area contributed by atoms with Gasteiger partial charge in [-0.2, -0.15) is 5.10 Å². The third kappa shape index (κ3) is 3.36. The van der Waals surface area contributed by atoms with E-state index in [-0.39, 0.29) is 5.91 Å². The van der Waals surface area contributed by atoms with Crippen molar-refractivity contribution >= 4 is 11.6 Å². The maximum Gasteiger partial charge on any atom is 0.226 e. The van der Waals surface area contributed by atoms with Gasteiger partial charge in [-0.05, 0) is 37.5 Å². The van der Waals surface area contributed by atoms with Crippen LogP contribution in [0.3, 0.4) is 0 Å². The molecule has 5 heteroatoms. The summed E-state index contributed by atoms with van der Waals surface area (Å²) in [5, 5.41) is 10.4. The Bertz CT molecular complexity index is 650. The number of carbonyl (C=O) groups excluding carboxylic acids is 1. The fraction of sp³-hybridized carbons (Fsp3) is 0.412. The van der Waals surface area contributed by atoms with Gasteiger partial charge in [-0.25, -0.2) is 0 Å². The first-order valence-electron chi connectivity index (χ1n) is 7.83. The van der Waals surface area contributed by atoms with Crippen LogP contribution in [0.1, 0.15) is 36.1 Å². The molecule has 1 saturated heterocycles. The molecule has 1 aliphatic rings. The Kier molecular flexibility index (Phi) is 4.53. The summed E-state index contributed by atoms with van der Waals surface area (Å²) in [6.07, 6.45) is 4.63. The van der Waals surface area contributed by atoms with Gasteiger partial charge in [-0.3, -0.25) is 9.89 Å². The molecule has 1 fully saturated rings. The van der Waals surface area contributed by atoms with Crippen molar-refractivity contribution < 1.29 is 4.79 Å². The van der Waals surface area contributed by atoms with Crippen LogP contribution < -0.4 is 10.2 Å². The Balaban J connectivity index is 1.61. The van der Waals surface area contributed by atoms with Crippen LogP contribution >= 0.6 is 0 Å². The first-order valence-corrected chi connectivity index (χ1v) is 7.83. The highest BCUT2D eigenvalue weighted by atomic mass is 16.2. The minimum absolute atomic E-state index is 0.241. The number of hydrogen-bond donors (Lipinski definition) is 2. The Morgan fingerprint density at radius 2 is 2.23 bits per heavy atom. The van der Waals surface area contributed by atoms with Gasteiger partial charge in [0, 0.05) is 43.0 Å². The van der Waals surface area contributed by atoms with E-state index in [1.165, 1.54) is 11.1 Å². The van der Waals surface area contributed by atoms with Crippen LogP contribution in [-0.2, 0) is 17.9 Å². The lowest BCUT2D eigenvalue weighted by atomic mass is 10.1. The van der Waals surface area contributed by atoms with Crippen molar-refractivity contribution in [2.45, 2.75) is 39.3 Å². The molecule has 0 unspecified atom stereocenters. The Labute approximate surface area is 130 Å². The van der Waals surface area contributed by atoms with Gasteiger partial charge in [0.1, 0.15) is 0 Å². The van der Waals surface area contributed by atoms with E-state index in [4.69, 9.17) is 0 Å². The van der Waals surface area contributed by atoms with Crippen LogP contribution in [0.5, 0.6) is 0 Å². The molecule has 1 amide bonds. The van der Waals surface area contributed by atoms with E-state index in [0.717, 1.165) is 43.9 Å². The van der Waals surface area contributed by atoms with E-state index in [9.17, 15) is 4.79 Å². The molecule has 1 aromatic carbocycles. The van der Waals surface area contributed by atoms with Crippen molar-refractivity contribution in [1.82, 2.24) is 15.5 Å². The molecular weight excluding hydrogens is 276 g/mol. The molecule has 5 nitrogen and oxygen atoms in total. The van der Waals surface area contributed by atoms with Gasteiger partial charge in [0.15, 0.2) is 0 Å². The number of hydrogen-bond acceptors (Lipinski definition) is 3. The van der Waals surface area contributed by atoms with Crippen LogP contribution in [-0.4, -0.2) is 22.6 Å². The van der Waals surface area contributed by atoms with E-state index in [2.05, 4.69) is 27.6 Å². The summed E-state index contributed by atoms with van der Waals surface area (Å²) >= 11 is 0. The number of aromatic nitrogens is 2. The quantitative estimate of drug-likeness (QED) is 0.891. The molecule has 2 aromatic rings. The highest BCUT2D eigenvalue weighted by Crippen LogP contribution is 2.21. The SMILES string of the molecule is Cc1[nH]ncc1CNCc1cccc(N2CCCCC2=O)c1. The molecule has 0 atom stereocenters. The second kappa shape index (κ2) is 6.75. The number of rotatable bonds is 5. The molecule has 1 aliphatic heterocycles. The zero-order chi connectivity index (χ0) is 15.4. The summed E-state index contributed by atoms with van der Waals surface area (Å²) in [6.45, 7) is 4.42. The first kappa shape index (κ1) is 14.8. The predicted molar refractivity (Wildman–Crippen MR) is 86.5 cm³/mol. The molecule has 2 N–H and O–H groups in total. The van der Waals surface area contributed by atoms with E-state index in [1.54, 1.807) is 0 Å². The molecule has 2 heterocycles. The van der Waals surface area contributed by atoms with E-state index in [1.807, 2.05) is 30.2 Å². The van der Waals surface area contributed by atoms with Crippen molar-refractivity contribution in [3.8, 4) is 0 Å². The fourth-order valence-electron chi connectivity index (χ4n) is 2.81. The number of carbonyl (C=O) groups is 1. The van der Waals surface area contributed by atoms with Crippen molar-refractivity contribution in [2.75, 3.05) is 11.4 Å². The summed E-state index contributed by atoms with van der Waals surface area (Å²) in [5.74, 6) is 0.241. The van der Waals surface area contributed by atoms with Gasteiger partial charge in [0.2, 0.25) is 5.91 Å². The Morgan fingerprint density at radius 1 is 1.32 bits per heavy atom. The molecule has 0 saturated carbocycles. The lowest BCUT2D eigenvalue weighted by Gasteiger charge is -2.27. The number of benzene rings is 1. The lowest BCUT2D eigenvalue weighted by molar-refractivity contribution is -0.119. The summed E-state index contributed by atoms with van der Waals surface area (Å²) in [5.41, 5.74) is 4.49. The standard InChI is InChI=1S/C17H22N4O/c1-13-15(12-19-20-13)11-18-10-14-5-4-6-16(9-14)21-8-3-2-7-17(21)22/h4-6,9,12,18H,2-3,7-8,10-11H2,1H3,(H,19,20). The van der Waals surface area contributed by atoms with Crippen molar-refractivity contribution in [3.05, 3.63) is 47.3 Å². The molecule has 1 aromatic heterocycles. The van der Waals surface area contributed by atoms with Gasteiger partial charge in [-0.1, -0.05) is 12.1 Å². The molecule has 22 heavy (non-hydrogen) atoms. The largest absolute Gasteiger partial charge is 0.312 e. The van der Waals surface area contributed by atoms with E-state index >= 15 is 0 Å². The number of anilines is 1. The third-order valence-corrected chi connectivity index (χ3v) is 4.12. The number of amides is 1. The molecule has 0 bridgehead atoms. The summed E-state index contributed by atoms with van der Waals surface area (Å²) in [6, 6.07) is 8.25. The maximum atomic E-state index is 12.0. The second-order valence-electron chi connectivity index (χ2n) is 5.80. The molecule has 0 radical (unpaired) electrons. The zero-order valence-corrected chi connectivity index (χ0v) is 12.9. The van der Waals surface area contributed by atoms with Gasteiger partial charge in [-0.15, -0.1) is 0 Å². The number of H-pyrrole nitrogens is 1. The number of aromatic amines is 1. The first-order chi connectivity index (χ1) is 10.7. The van der Waals surface area contributed by atoms with E-state index in [0.29, 0.717) is 6.42 Å². The van der Waals surface area contributed by atoms with Crippen LogP contribution in [0.25, 0.3) is 0 Å². The van der Waals surface area contributed by atoms with Gasteiger partial charge < -0.3 is 10.2 Å². The predicted octanol–water partition coefficient (Wildman–Crippen LogP) is 2.52. The van der Waals surface area contributed by atoms with Crippen molar-refractivity contribution in [2.24, 2.45) is 0 Å². The molecule has 0 spiro atoms.